The first-order valence-corrected chi connectivity index (χ1v) is 29.0. The third-order valence-electron chi connectivity index (χ3n) is 12.1. The minimum atomic E-state index is -5.34. The first-order chi connectivity index (χ1) is 31.2. The van der Waals surface area contributed by atoms with Crippen molar-refractivity contribution >= 4 is 33.5 Å². The summed E-state index contributed by atoms with van der Waals surface area (Å²) in [7, 11) is -10.5. The Balaban J connectivity index is 3.12. The van der Waals surface area contributed by atoms with E-state index in [1.54, 1.807) is 0 Å². The van der Waals surface area contributed by atoms with Gasteiger partial charge in [0.2, 0.25) is 5.91 Å². The molecule has 1 heterocycles. The number of ether oxygens (including phenoxy) is 3. The molecule has 0 spiro atoms. The van der Waals surface area contributed by atoms with Crippen molar-refractivity contribution in [3.05, 3.63) is 0 Å². The fourth-order valence-corrected chi connectivity index (χ4v) is 9.16. The SMILES string of the molecule is CCCCCCCCCCCCCC(=O)N[C@H]1[C@@H](OP(=O)(O)O)O[C@H](COP(=O)(O)O)[C@@H](OC(=O)CCCCCCCCCCCCC)[C@@H]1OC(=O)CCCCCCCCCCCCC. The molecule has 0 aromatic heterocycles. The first kappa shape index (κ1) is 61.6. The van der Waals surface area contributed by atoms with Crippen LogP contribution in [0, 0.1) is 0 Å². The smallest absolute Gasteiger partial charge is 0.456 e. The molecule has 1 fully saturated rings. The van der Waals surface area contributed by atoms with E-state index in [4.69, 9.17) is 23.3 Å². The first-order valence-electron chi connectivity index (χ1n) is 26.0. The molecule has 1 amide bonds. The highest BCUT2D eigenvalue weighted by molar-refractivity contribution is 7.46. The van der Waals surface area contributed by atoms with Crippen LogP contribution in [0.1, 0.15) is 252 Å². The van der Waals surface area contributed by atoms with Crippen LogP contribution in [-0.4, -0.2) is 74.7 Å². The Morgan fingerprint density at radius 3 is 1.12 bits per heavy atom. The number of nitrogens with one attached hydrogen (secondary N) is 1. The number of hydrogen-bond acceptors (Lipinski definition) is 10. The van der Waals surface area contributed by atoms with Gasteiger partial charge in [-0.25, -0.2) is 9.13 Å². The number of unbranched alkanes of at least 4 members (excludes halogenated alkanes) is 30. The molecule has 5 atom stereocenters. The van der Waals surface area contributed by atoms with Crippen molar-refractivity contribution in [1.82, 2.24) is 5.32 Å². The van der Waals surface area contributed by atoms with E-state index in [9.17, 15) is 43.1 Å². The summed E-state index contributed by atoms with van der Waals surface area (Å²) in [4.78, 5) is 79.5. The highest BCUT2D eigenvalue weighted by Crippen LogP contribution is 2.43. The van der Waals surface area contributed by atoms with E-state index in [0.29, 0.717) is 19.3 Å². The molecule has 0 unspecified atom stereocenters. The van der Waals surface area contributed by atoms with Crippen molar-refractivity contribution in [2.75, 3.05) is 6.61 Å². The summed E-state index contributed by atoms with van der Waals surface area (Å²) in [5.41, 5.74) is 0. The van der Waals surface area contributed by atoms with Crippen molar-refractivity contribution in [1.29, 1.82) is 0 Å². The topological polar surface area (TPSA) is 224 Å². The molecule has 0 saturated carbocycles. The van der Waals surface area contributed by atoms with Crippen LogP contribution in [0.4, 0.5) is 0 Å². The van der Waals surface area contributed by atoms with Gasteiger partial charge in [-0.05, 0) is 19.3 Å². The van der Waals surface area contributed by atoms with Crippen LogP contribution in [0.15, 0.2) is 0 Å². The Hall–Kier alpha value is -1.41. The van der Waals surface area contributed by atoms with Gasteiger partial charge in [-0.1, -0.05) is 213 Å². The third kappa shape index (κ3) is 35.4. The lowest BCUT2D eigenvalue weighted by molar-refractivity contribution is -0.258. The molecule has 1 saturated heterocycles. The van der Waals surface area contributed by atoms with Gasteiger partial charge in [-0.2, -0.15) is 0 Å². The van der Waals surface area contributed by atoms with Crippen molar-refractivity contribution < 1.29 is 66.3 Å². The van der Waals surface area contributed by atoms with Gasteiger partial charge in [0.25, 0.3) is 0 Å². The Morgan fingerprint density at radius 1 is 0.462 bits per heavy atom. The maximum atomic E-state index is 13.6. The molecule has 5 N–H and O–H groups in total. The maximum absolute atomic E-state index is 13.6. The van der Waals surface area contributed by atoms with E-state index in [1.807, 2.05) is 0 Å². The summed E-state index contributed by atoms with van der Waals surface area (Å²) in [5, 5.41) is 2.69. The molecular formula is C48H93NO14P2. The number of carbonyl (C=O) groups excluding carboxylic acids is 3. The average molecular weight is 970 g/mol. The Morgan fingerprint density at radius 2 is 0.785 bits per heavy atom. The van der Waals surface area contributed by atoms with Gasteiger partial charge in [0.15, 0.2) is 18.5 Å². The molecule has 0 radical (unpaired) electrons. The number of phosphoric ester groups is 2. The standard InChI is InChI=1S/C48H93NO14P2/c1-4-7-10-13-16-19-22-25-28-31-34-37-42(50)49-45-47(62-44(52)39-36-33-30-27-24-21-18-15-12-9-6-3)46(41(40-59-64(53,54)55)60-48(45)63-65(56,57)58)61-43(51)38-35-32-29-26-23-20-17-14-11-8-5-2/h41,45-48H,4-40H2,1-3H3,(H,49,50)(H2,53,54,55)(H2,56,57,58)/t41-,45-,46-,47-,48-/m1/s1. The lowest BCUT2D eigenvalue weighted by Crippen LogP contribution is -2.66. The molecule has 1 aliphatic heterocycles. The molecule has 0 bridgehead atoms. The number of amides is 1. The van der Waals surface area contributed by atoms with Gasteiger partial charge in [-0.15, -0.1) is 0 Å². The molecule has 384 valence electrons. The number of phosphoric acid groups is 2. The Bertz CT molecular complexity index is 1300. The molecule has 1 rings (SSSR count). The molecule has 17 heteroatoms. The number of esters is 2. The van der Waals surface area contributed by atoms with Gasteiger partial charge >= 0.3 is 27.6 Å². The molecule has 65 heavy (non-hydrogen) atoms. The van der Waals surface area contributed by atoms with Gasteiger partial charge in [0.1, 0.15) is 12.1 Å². The average Bonchev–Trinajstić information content (AvgIpc) is 3.24. The van der Waals surface area contributed by atoms with Crippen LogP contribution in [0.5, 0.6) is 0 Å². The zero-order chi connectivity index (χ0) is 48.0. The Kier molecular flexibility index (Phi) is 37.4. The van der Waals surface area contributed by atoms with E-state index in [-0.39, 0.29) is 19.3 Å². The van der Waals surface area contributed by atoms with Crippen LogP contribution in [0.3, 0.4) is 0 Å². The molecular weight excluding hydrogens is 876 g/mol. The number of hydrogen-bond donors (Lipinski definition) is 5. The van der Waals surface area contributed by atoms with Crippen LogP contribution in [0.25, 0.3) is 0 Å². The van der Waals surface area contributed by atoms with E-state index >= 15 is 0 Å². The van der Waals surface area contributed by atoms with E-state index < -0.39 is 70.7 Å². The summed E-state index contributed by atoms with van der Waals surface area (Å²) in [5.74, 6) is -1.95. The highest BCUT2D eigenvalue weighted by atomic mass is 31.2. The van der Waals surface area contributed by atoms with Crippen LogP contribution in [-0.2, 0) is 46.8 Å². The number of rotatable bonds is 44. The molecule has 0 aliphatic carbocycles. The van der Waals surface area contributed by atoms with Gasteiger partial charge < -0.3 is 39.1 Å². The molecule has 0 aromatic carbocycles. The minimum absolute atomic E-state index is 0.0166. The second-order valence-corrected chi connectivity index (χ2v) is 20.7. The summed E-state index contributed by atoms with van der Waals surface area (Å²) in [6, 6.07) is -1.57. The van der Waals surface area contributed by atoms with Gasteiger partial charge in [-0.3, -0.25) is 23.4 Å². The monoisotopic (exact) mass is 970 g/mol. The molecule has 15 nitrogen and oxygen atoms in total. The zero-order valence-electron chi connectivity index (χ0n) is 40.8. The van der Waals surface area contributed by atoms with Crippen LogP contribution in [0.2, 0.25) is 0 Å². The second kappa shape index (κ2) is 39.4. The fourth-order valence-electron chi connectivity index (χ4n) is 8.37. The summed E-state index contributed by atoms with van der Waals surface area (Å²) in [6.07, 6.45) is 28.4. The fraction of sp³-hybridized carbons (Fsp3) is 0.938. The van der Waals surface area contributed by atoms with E-state index in [0.717, 1.165) is 77.0 Å². The molecule has 1 aliphatic rings. The predicted octanol–water partition coefficient (Wildman–Crippen LogP) is 12.3. The van der Waals surface area contributed by atoms with Crippen molar-refractivity contribution in [2.45, 2.75) is 283 Å². The predicted molar refractivity (Wildman–Crippen MR) is 255 cm³/mol. The van der Waals surface area contributed by atoms with Gasteiger partial charge in [0.05, 0.1) is 6.61 Å². The van der Waals surface area contributed by atoms with E-state index in [1.165, 1.54) is 116 Å². The van der Waals surface area contributed by atoms with Crippen LogP contribution < -0.4 is 5.32 Å². The quantitative estimate of drug-likeness (QED) is 0.0218. The summed E-state index contributed by atoms with van der Waals surface area (Å²) < 4.78 is 51.5. The van der Waals surface area contributed by atoms with E-state index in [2.05, 4.69) is 26.1 Å². The van der Waals surface area contributed by atoms with Crippen molar-refractivity contribution in [3.63, 3.8) is 0 Å². The lowest BCUT2D eigenvalue weighted by Gasteiger charge is -2.45. The van der Waals surface area contributed by atoms with Crippen LogP contribution >= 0.6 is 15.6 Å². The molecule has 0 aromatic rings. The minimum Gasteiger partial charge on any atom is -0.456 e. The highest BCUT2D eigenvalue weighted by Gasteiger charge is 2.53. The largest absolute Gasteiger partial charge is 0.472 e. The Labute approximate surface area is 393 Å². The summed E-state index contributed by atoms with van der Waals surface area (Å²) >= 11 is 0. The number of carbonyl (C=O) groups is 3. The lowest BCUT2D eigenvalue weighted by atomic mass is 9.95. The third-order valence-corrected chi connectivity index (χ3v) is 13.1. The normalized spacial score (nSPS) is 19.0. The maximum Gasteiger partial charge on any atom is 0.472 e. The summed E-state index contributed by atoms with van der Waals surface area (Å²) in [6.45, 7) is 5.67. The van der Waals surface area contributed by atoms with Crippen molar-refractivity contribution in [3.8, 4) is 0 Å². The zero-order valence-corrected chi connectivity index (χ0v) is 42.6. The van der Waals surface area contributed by atoms with Crippen molar-refractivity contribution in [2.24, 2.45) is 0 Å². The van der Waals surface area contributed by atoms with Gasteiger partial charge in [0, 0.05) is 19.3 Å². The second-order valence-electron chi connectivity index (χ2n) is 18.3.